The normalized spacial score (nSPS) is 13.5. The fourth-order valence-corrected chi connectivity index (χ4v) is 2.29. The molecule has 0 saturated carbocycles. The predicted octanol–water partition coefficient (Wildman–Crippen LogP) is 1.01. The van der Waals surface area contributed by atoms with Gasteiger partial charge >= 0.3 is 5.97 Å². The summed E-state index contributed by atoms with van der Waals surface area (Å²) in [4.78, 5) is 33.9. The molecule has 1 aromatic carbocycles. The van der Waals surface area contributed by atoms with Crippen molar-refractivity contribution in [2.24, 2.45) is 5.10 Å². The first-order valence-corrected chi connectivity index (χ1v) is 8.08. The topological polar surface area (TPSA) is 106 Å². The summed E-state index contributed by atoms with van der Waals surface area (Å²) in [6.07, 6.45) is 0.897. The van der Waals surface area contributed by atoms with Crippen LogP contribution in [0.15, 0.2) is 23.3 Å². The summed E-state index contributed by atoms with van der Waals surface area (Å²) in [5.74, 6) is -0.771. The zero-order valence-corrected chi connectivity index (χ0v) is 14.4. The molecule has 25 heavy (non-hydrogen) atoms. The Hall–Kier alpha value is -2.61. The minimum Gasteiger partial charge on any atom is -0.482 e. The minimum absolute atomic E-state index is 0.122. The monoisotopic (exact) mass is 367 g/mol. The number of esters is 1. The first-order valence-electron chi connectivity index (χ1n) is 7.70. The Morgan fingerprint density at radius 2 is 2.16 bits per heavy atom. The first-order chi connectivity index (χ1) is 12.0. The number of nitrogens with zero attached hydrogens (tertiary/aromatic N) is 1. The Balaban J connectivity index is 1.87. The predicted molar refractivity (Wildman–Crippen MR) is 90.5 cm³/mol. The van der Waals surface area contributed by atoms with Gasteiger partial charge in [0.15, 0.2) is 6.61 Å². The van der Waals surface area contributed by atoms with E-state index in [1.54, 1.807) is 25.1 Å². The van der Waals surface area contributed by atoms with Crippen molar-refractivity contribution >= 4 is 35.1 Å². The van der Waals surface area contributed by atoms with Crippen LogP contribution < -0.4 is 15.5 Å². The summed E-state index contributed by atoms with van der Waals surface area (Å²) >= 11 is 6.16. The quantitative estimate of drug-likeness (QED) is 0.700. The lowest BCUT2D eigenvalue weighted by Gasteiger charge is -2.14. The van der Waals surface area contributed by atoms with Gasteiger partial charge in [-0.3, -0.25) is 14.4 Å². The highest BCUT2D eigenvalue weighted by atomic mass is 35.5. The molecule has 0 bridgehead atoms. The number of halogens is 1. The maximum Gasteiger partial charge on any atom is 0.325 e. The third-order valence-electron chi connectivity index (χ3n) is 3.26. The molecule has 1 aliphatic rings. The van der Waals surface area contributed by atoms with E-state index in [-0.39, 0.29) is 25.7 Å². The molecule has 2 N–H and O–H groups in total. The number of hydrogen-bond donors (Lipinski definition) is 2. The van der Waals surface area contributed by atoms with Crippen molar-refractivity contribution in [2.75, 3.05) is 19.8 Å². The molecule has 2 amide bonds. The number of carbonyl (C=O) groups excluding carboxylic acids is 3. The molecule has 0 fully saturated rings. The van der Waals surface area contributed by atoms with Crippen LogP contribution in [0.5, 0.6) is 5.75 Å². The number of rotatable bonds is 7. The van der Waals surface area contributed by atoms with Gasteiger partial charge < -0.3 is 14.8 Å². The molecule has 1 aromatic rings. The van der Waals surface area contributed by atoms with Gasteiger partial charge in [-0.1, -0.05) is 11.6 Å². The van der Waals surface area contributed by atoms with E-state index in [0.29, 0.717) is 23.6 Å². The van der Waals surface area contributed by atoms with Crippen LogP contribution >= 0.6 is 11.6 Å². The lowest BCUT2D eigenvalue weighted by molar-refractivity contribution is -0.143. The van der Waals surface area contributed by atoms with E-state index in [4.69, 9.17) is 21.1 Å². The van der Waals surface area contributed by atoms with Crippen LogP contribution in [0.3, 0.4) is 0 Å². The summed E-state index contributed by atoms with van der Waals surface area (Å²) in [5, 5.41) is 6.69. The van der Waals surface area contributed by atoms with Crippen LogP contribution in [0.25, 0.3) is 0 Å². The maximum atomic E-state index is 11.6. The van der Waals surface area contributed by atoms with E-state index in [1.165, 1.54) is 0 Å². The average molecular weight is 368 g/mol. The van der Waals surface area contributed by atoms with E-state index in [2.05, 4.69) is 15.8 Å². The fraction of sp³-hybridized carbons (Fsp3) is 0.375. The number of hydrazone groups is 1. The Kier molecular flexibility index (Phi) is 6.76. The van der Waals surface area contributed by atoms with Crippen LogP contribution in [-0.2, 0) is 19.1 Å². The first kappa shape index (κ1) is 18.7. The molecular formula is C16H18ClN3O5. The van der Waals surface area contributed by atoms with Crippen molar-refractivity contribution in [3.05, 3.63) is 28.8 Å². The van der Waals surface area contributed by atoms with Crippen LogP contribution in [0, 0.1) is 0 Å². The SMILES string of the molecule is CCOC(=O)CNC(=O)COc1ccc(C2=NNC(=O)CC2)cc1Cl. The standard InChI is InChI=1S/C16H18ClN3O5/c1-2-24-16(23)8-18-15(22)9-25-13-5-3-10(7-11(13)17)12-4-6-14(21)20-19-12/h3,5,7H,2,4,6,8-9H2,1H3,(H,18,22)(H,20,21). The van der Waals surface area contributed by atoms with Crippen LogP contribution in [0.1, 0.15) is 25.3 Å². The van der Waals surface area contributed by atoms with Gasteiger partial charge in [0.1, 0.15) is 12.3 Å². The highest BCUT2D eigenvalue weighted by Crippen LogP contribution is 2.26. The van der Waals surface area contributed by atoms with Crippen LogP contribution in [0.4, 0.5) is 0 Å². The molecule has 9 heteroatoms. The number of amides is 2. The van der Waals surface area contributed by atoms with E-state index >= 15 is 0 Å². The van der Waals surface area contributed by atoms with Crippen LogP contribution in [0.2, 0.25) is 5.02 Å². The molecule has 1 aliphatic heterocycles. The fourth-order valence-electron chi connectivity index (χ4n) is 2.06. The number of benzene rings is 1. The molecule has 1 heterocycles. The molecule has 0 saturated heterocycles. The second-order valence-corrected chi connectivity index (χ2v) is 5.52. The van der Waals surface area contributed by atoms with E-state index in [0.717, 1.165) is 11.3 Å². The largest absolute Gasteiger partial charge is 0.482 e. The average Bonchev–Trinajstić information content (AvgIpc) is 2.60. The van der Waals surface area contributed by atoms with Crippen molar-refractivity contribution in [3.63, 3.8) is 0 Å². The zero-order chi connectivity index (χ0) is 18.2. The van der Waals surface area contributed by atoms with Crippen molar-refractivity contribution in [2.45, 2.75) is 19.8 Å². The molecule has 0 unspecified atom stereocenters. The second-order valence-electron chi connectivity index (χ2n) is 5.11. The molecule has 0 aromatic heterocycles. The third-order valence-corrected chi connectivity index (χ3v) is 3.56. The van der Waals surface area contributed by atoms with Gasteiger partial charge in [0.05, 0.1) is 17.3 Å². The van der Waals surface area contributed by atoms with E-state index in [1.807, 2.05) is 0 Å². The summed E-state index contributed by atoms with van der Waals surface area (Å²) in [5.41, 5.74) is 3.91. The third kappa shape index (κ3) is 5.75. The van der Waals surface area contributed by atoms with Crippen molar-refractivity contribution < 1.29 is 23.9 Å². The summed E-state index contributed by atoms with van der Waals surface area (Å²) in [7, 11) is 0. The van der Waals surface area contributed by atoms with Crippen LogP contribution in [-0.4, -0.2) is 43.3 Å². The Labute approximate surface area is 149 Å². The smallest absolute Gasteiger partial charge is 0.325 e. The molecule has 0 atom stereocenters. The molecule has 0 aliphatic carbocycles. The van der Waals surface area contributed by atoms with Crippen molar-refractivity contribution in [3.8, 4) is 5.75 Å². The van der Waals surface area contributed by atoms with Gasteiger partial charge in [-0.2, -0.15) is 5.10 Å². The Morgan fingerprint density at radius 1 is 1.36 bits per heavy atom. The summed E-state index contributed by atoms with van der Waals surface area (Å²) in [6, 6.07) is 5.02. The van der Waals surface area contributed by atoms with Gasteiger partial charge in [-0.05, 0) is 30.7 Å². The number of carbonyl (C=O) groups is 3. The van der Waals surface area contributed by atoms with Gasteiger partial charge in [-0.25, -0.2) is 5.43 Å². The lowest BCUT2D eigenvalue weighted by atomic mass is 10.0. The number of nitrogens with one attached hydrogen (secondary N) is 2. The molecule has 2 rings (SSSR count). The second kappa shape index (κ2) is 9.03. The van der Waals surface area contributed by atoms with E-state index in [9.17, 15) is 14.4 Å². The molecule has 134 valence electrons. The lowest BCUT2D eigenvalue weighted by Crippen LogP contribution is -2.34. The van der Waals surface area contributed by atoms with Crippen molar-refractivity contribution in [1.29, 1.82) is 0 Å². The van der Waals surface area contributed by atoms with Gasteiger partial charge in [0.25, 0.3) is 5.91 Å². The zero-order valence-electron chi connectivity index (χ0n) is 13.6. The van der Waals surface area contributed by atoms with E-state index < -0.39 is 11.9 Å². The number of ether oxygens (including phenoxy) is 2. The van der Waals surface area contributed by atoms with Gasteiger partial charge in [-0.15, -0.1) is 0 Å². The highest BCUT2D eigenvalue weighted by Gasteiger charge is 2.15. The molecule has 8 nitrogen and oxygen atoms in total. The number of hydrogen-bond acceptors (Lipinski definition) is 6. The van der Waals surface area contributed by atoms with Gasteiger partial charge in [0.2, 0.25) is 5.91 Å². The molecular weight excluding hydrogens is 350 g/mol. The maximum absolute atomic E-state index is 11.6. The Bertz CT molecular complexity index is 705. The minimum atomic E-state index is -0.515. The molecule has 0 radical (unpaired) electrons. The summed E-state index contributed by atoms with van der Waals surface area (Å²) in [6.45, 7) is 1.44. The molecule has 0 spiro atoms. The highest BCUT2D eigenvalue weighted by molar-refractivity contribution is 6.32. The van der Waals surface area contributed by atoms with Gasteiger partial charge in [0, 0.05) is 12.8 Å². The van der Waals surface area contributed by atoms with Crippen molar-refractivity contribution in [1.82, 2.24) is 10.7 Å². The Morgan fingerprint density at radius 3 is 2.80 bits per heavy atom. The summed E-state index contributed by atoms with van der Waals surface area (Å²) < 4.78 is 10.0.